The fourth-order valence-corrected chi connectivity index (χ4v) is 5.24. The van der Waals surface area contributed by atoms with E-state index in [0.29, 0.717) is 34.1 Å². The molecule has 0 aliphatic rings. The molecule has 1 amide bonds. The van der Waals surface area contributed by atoms with Crippen molar-refractivity contribution in [2.24, 2.45) is 0 Å². The van der Waals surface area contributed by atoms with E-state index in [9.17, 15) is 18.0 Å². The molecule has 1 heterocycles. The Bertz CT molecular complexity index is 1640. The number of anilines is 1. The van der Waals surface area contributed by atoms with Gasteiger partial charge in [0.2, 0.25) is 15.9 Å². The average molecular weight is 614 g/mol. The Balaban J connectivity index is 1.66. The predicted octanol–water partition coefficient (Wildman–Crippen LogP) is 3.99. The highest BCUT2D eigenvalue weighted by atomic mass is 79.9. The smallest absolute Gasteiger partial charge is 0.348 e. The zero-order valence-electron chi connectivity index (χ0n) is 21.8. The lowest BCUT2D eigenvalue weighted by molar-refractivity contribution is -0.131. The lowest BCUT2D eigenvalue weighted by Crippen LogP contribution is -2.42. The third-order valence-electron chi connectivity index (χ3n) is 6.27. The number of aromatic nitrogens is 1. The second-order valence-corrected chi connectivity index (χ2v) is 12.0. The molecule has 2 N–H and O–H groups in total. The first-order valence-electron chi connectivity index (χ1n) is 12.2. The number of nitrogens with zero attached hydrogens (tertiary/aromatic N) is 2. The van der Waals surface area contributed by atoms with Crippen LogP contribution in [-0.2, 0) is 34.3 Å². The number of halogens is 1. The van der Waals surface area contributed by atoms with Crippen molar-refractivity contribution >= 4 is 48.8 Å². The molecule has 4 aromatic rings. The Morgan fingerprint density at radius 1 is 1.08 bits per heavy atom. The van der Waals surface area contributed by atoms with Gasteiger partial charge in [0.25, 0.3) is 6.01 Å². The van der Waals surface area contributed by atoms with Crippen LogP contribution in [0, 0.1) is 6.92 Å². The van der Waals surface area contributed by atoms with Crippen LogP contribution in [0.5, 0.6) is 0 Å². The fourth-order valence-electron chi connectivity index (χ4n) is 4.26. The second kappa shape index (κ2) is 12.1. The van der Waals surface area contributed by atoms with Gasteiger partial charge in [-0.25, -0.2) is 17.9 Å². The quantitative estimate of drug-likeness (QED) is 0.278. The van der Waals surface area contributed by atoms with Gasteiger partial charge in [0, 0.05) is 31.0 Å². The average Bonchev–Trinajstić information content (AvgIpc) is 2.89. The number of likely N-dealkylation sites (N-methyl/N-ethyl adjacent to an activating group) is 1. The minimum atomic E-state index is -3.43. The molecule has 39 heavy (non-hydrogen) atoms. The maximum atomic E-state index is 13.6. The van der Waals surface area contributed by atoms with E-state index in [0.717, 1.165) is 17.4 Å². The van der Waals surface area contributed by atoms with Crippen LogP contribution in [0.15, 0.2) is 80.4 Å². The molecule has 0 aliphatic heterocycles. The van der Waals surface area contributed by atoms with Gasteiger partial charge in [-0.2, -0.15) is 4.98 Å². The monoisotopic (exact) mass is 612 g/mol. The van der Waals surface area contributed by atoms with Crippen molar-refractivity contribution in [2.75, 3.05) is 18.6 Å². The zero-order valence-corrected chi connectivity index (χ0v) is 24.2. The second-order valence-electron chi connectivity index (χ2n) is 9.33. The number of amides is 1. The molecule has 0 saturated heterocycles. The number of hydrogen-bond donors (Lipinski definition) is 2. The van der Waals surface area contributed by atoms with Crippen LogP contribution in [-0.4, -0.2) is 43.6 Å². The maximum absolute atomic E-state index is 13.6. The third-order valence-corrected chi connectivity index (χ3v) is 7.54. The number of fused-ring (bicyclic) bond motifs is 1. The summed E-state index contributed by atoms with van der Waals surface area (Å²) in [4.78, 5) is 32.8. The molecular weight excluding hydrogens is 584 g/mol. The number of benzene rings is 3. The van der Waals surface area contributed by atoms with Gasteiger partial charge in [0.1, 0.15) is 6.04 Å². The first-order valence-corrected chi connectivity index (χ1v) is 14.9. The molecule has 9 nitrogen and oxygen atoms in total. The van der Waals surface area contributed by atoms with Crippen molar-refractivity contribution in [1.29, 1.82) is 0 Å². The van der Waals surface area contributed by atoms with Crippen LogP contribution in [0.25, 0.3) is 10.9 Å². The molecule has 0 fully saturated rings. The van der Waals surface area contributed by atoms with Gasteiger partial charge in [0.15, 0.2) is 0 Å². The summed E-state index contributed by atoms with van der Waals surface area (Å²) in [5.74, 6) is -0.190. The topological polar surface area (TPSA) is 122 Å². The normalized spacial score (nSPS) is 12.3. The summed E-state index contributed by atoms with van der Waals surface area (Å²) >= 11 is 3.46. The third kappa shape index (κ3) is 7.31. The number of aryl methyl sites for hydroxylation is 1. The summed E-state index contributed by atoms with van der Waals surface area (Å²) in [6, 6.07) is 20.1. The number of carbonyl (C=O) groups excluding carboxylic acids is 1. The van der Waals surface area contributed by atoms with Crippen molar-refractivity contribution in [1.82, 2.24) is 14.6 Å². The summed E-state index contributed by atoms with van der Waals surface area (Å²) in [6.45, 7) is 2.14. The van der Waals surface area contributed by atoms with E-state index in [4.69, 9.17) is 4.42 Å². The Kier molecular flexibility index (Phi) is 8.83. The van der Waals surface area contributed by atoms with Gasteiger partial charge in [-0.1, -0.05) is 60.7 Å². The van der Waals surface area contributed by atoms with E-state index in [1.165, 1.54) is 0 Å². The number of nitrogens with one attached hydrogen (secondary N) is 2. The van der Waals surface area contributed by atoms with Crippen molar-refractivity contribution < 1.29 is 17.6 Å². The largest absolute Gasteiger partial charge is 0.389 e. The molecule has 0 radical (unpaired) electrons. The molecule has 0 spiro atoms. The highest BCUT2D eigenvalue weighted by molar-refractivity contribution is 9.10. The highest BCUT2D eigenvalue weighted by Crippen LogP contribution is 2.28. The van der Waals surface area contributed by atoms with Crippen molar-refractivity contribution in [2.45, 2.75) is 32.5 Å². The van der Waals surface area contributed by atoms with Crippen molar-refractivity contribution in [3.8, 4) is 0 Å². The van der Waals surface area contributed by atoms with Crippen LogP contribution in [0.1, 0.15) is 22.3 Å². The molecule has 1 aromatic heterocycles. The van der Waals surface area contributed by atoms with Gasteiger partial charge < -0.3 is 14.6 Å². The maximum Gasteiger partial charge on any atom is 0.348 e. The molecule has 1 atom stereocenters. The standard InChI is InChI=1S/C28H29BrN4O5S/c1-18-21(16-30-39(3,36)37)15-22(29)25-24(18)27(35)38-28(32-25)31-23(14-19-10-6-4-7-11-19)26(34)33(2)17-20-12-8-5-9-13-20/h4-13,15,23,30H,14,16-17H2,1-3H3,(H,31,32)/t23-/m0/s1. The molecule has 11 heteroatoms. The van der Waals surface area contributed by atoms with Gasteiger partial charge in [-0.15, -0.1) is 0 Å². The van der Waals surface area contributed by atoms with Crippen LogP contribution in [0.3, 0.4) is 0 Å². The highest BCUT2D eigenvalue weighted by Gasteiger charge is 2.25. The summed E-state index contributed by atoms with van der Waals surface area (Å²) in [5.41, 5.74) is 2.77. The lowest BCUT2D eigenvalue weighted by Gasteiger charge is -2.25. The van der Waals surface area contributed by atoms with Gasteiger partial charge in [-0.05, 0) is 51.2 Å². The minimum absolute atomic E-state index is 0.0139. The van der Waals surface area contributed by atoms with Crippen molar-refractivity contribution in [3.05, 3.63) is 104 Å². The zero-order chi connectivity index (χ0) is 28.2. The van der Waals surface area contributed by atoms with E-state index < -0.39 is 21.7 Å². The molecule has 204 valence electrons. The summed E-state index contributed by atoms with van der Waals surface area (Å²) in [7, 11) is -1.70. The Hall–Kier alpha value is -3.54. The molecule has 0 saturated carbocycles. The van der Waals surface area contributed by atoms with Crippen molar-refractivity contribution in [3.63, 3.8) is 0 Å². The summed E-state index contributed by atoms with van der Waals surface area (Å²) in [5, 5.41) is 3.28. The van der Waals surface area contributed by atoms with Crippen LogP contribution in [0.2, 0.25) is 0 Å². The molecular formula is C28H29BrN4O5S. The van der Waals surface area contributed by atoms with E-state index in [2.05, 4.69) is 31.0 Å². The van der Waals surface area contributed by atoms with Gasteiger partial charge in [-0.3, -0.25) is 4.79 Å². The molecule has 4 rings (SSSR count). The van der Waals surface area contributed by atoms with E-state index in [1.54, 1.807) is 24.9 Å². The van der Waals surface area contributed by atoms with Gasteiger partial charge >= 0.3 is 5.63 Å². The van der Waals surface area contributed by atoms with Crippen LogP contribution in [0.4, 0.5) is 6.01 Å². The predicted molar refractivity (Wildman–Crippen MR) is 155 cm³/mol. The Morgan fingerprint density at radius 2 is 1.69 bits per heavy atom. The van der Waals surface area contributed by atoms with E-state index in [1.807, 2.05) is 60.7 Å². The molecule has 3 aromatic carbocycles. The first-order chi connectivity index (χ1) is 18.5. The summed E-state index contributed by atoms with van der Waals surface area (Å²) in [6.07, 6.45) is 1.41. The minimum Gasteiger partial charge on any atom is -0.389 e. The Labute approximate surface area is 235 Å². The molecule has 0 aliphatic carbocycles. The number of carbonyl (C=O) groups is 1. The number of rotatable bonds is 10. The molecule has 0 unspecified atom stereocenters. The van der Waals surface area contributed by atoms with E-state index >= 15 is 0 Å². The number of sulfonamides is 1. The van der Waals surface area contributed by atoms with Gasteiger partial charge in [0.05, 0.1) is 17.2 Å². The number of hydrogen-bond acceptors (Lipinski definition) is 7. The fraction of sp³-hybridized carbons (Fsp3) is 0.250. The van der Waals surface area contributed by atoms with Crippen LogP contribution >= 0.6 is 15.9 Å². The van der Waals surface area contributed by atoms with Crippen LogP contribution < -0.4 is 15.7 Å². The molecule has 0 bridgehead atoms. The SMILES string of the molecule is Cc1c(CNS(C)(=O)=O)cc(Br)c2nc(N[C@@H](Cc3ccccc3)C(=O)N(C)Cc3ccccc3)oc(=O)c12. The first kappa shape index (κ1) is 28.5. The Morgan fingerprint density at radius 3 is 2.31 bits per heavy atom. The summed E-state index contributed by atoms with van der Waals surface area (Å²) < 4.78 is 31.6. The van der Waals surface area contributed by atoms with E-state index in [-0.39, 0.29) is 23.9 Å². The lowest BCUT2D eigenvalue weighted by atomic mass is 10.0.